The minimum absolute atomic E-state index is 0.00417. The fourth-order valence-corrected chi connectivity index (χ4v) is 9.12. The predicted molar refractivity (Wildman–Crippen MR) is 332 cm³/mol. The summed E-state index contributed by atoms with van der Waals surface area (Å²) in [5.74, 6) is -1.94. The lowest BCUT2D eigenvalue weighted by atomic mass is 10.1. The first-order chi connectivity index (χ1) is 43.3. The third-order valence-electron chi connectivity index (χ3n) is 13.8. The van der Waals surface area contributed by atoms with Gasteiger partial charge in [-0.3, -0.25) is 34.0 Å². The number of aromatic nitrogens is 7. The summed E-state index contributed by atoms with van der Waals surface area (Å²) in [7, 11) is 1.83. The average Bonchev–Trinajstić information content (AvgIpc) is 3.70. The zero-order valence-electron chi connectivity index (χ0n) is 49.6. The van der Waals surface area contributed by atoms with Crippen LogP contribution in [0, 0.1) is 0 Å². The Morgan fingerprint density at radius 2 is 1.28 bits per heavy atom. The molecule has 89 heavy (non-hydrogen) atoms. The lowest BCUT2D eigenvalue weighted by molar-refractivity contribution is -0.139. The zero-order chi connectivity index (χ0) is 62.6. The van der Waals surface area contributed by atoms with Crippen LogP contribution in [0.3, 0.4) is 0 Å². The first kappa shape index (κ1) is 65.6. The van der Waals surface area contributed by atoms with E-state index >= 15 is 0 Å². The van der Waals surface area contributed by atoms with Gasteiger partial charge >= 0.3 is 5.97 Å². The molecule has 0 unspecified atom stereocenters. The second kappa shape index (κ2) is 34.8. The molecular formula is C61H75N17O11. The van der Waals surface area contributed by atoms with Crippen LogP contribution in [0.25, 0.3) is 22.4 Å². The quantitative estimate of drug-likeness (QED) is 0.0261. The Morgan fingerprint density at radius 1 is 0.652 bits per heavy atom. The Kier molecular flexibility index (Phi) is 25.6. The molecule has 10 N–H and O–H groups in total. The van der Waals surface area contributed by atoms with Crippen molar-refractivity contribution in [2.75, 3.05) is 146 Å². The van der Waals surface area contributed by atoms with Crippen molar-refractivity contribution < 1.29 is 52.8 Å². The molecule has 4 aromatic heterocycles. The van der Waals surface area contributed by atoms with E-state index in [2.05, 4.69) is 71.3 Å². The topological polar surface area (TPSA) is 364 Å². The first-order valence-electron chi connectivity index (χ1n) is 29.1. The number of carboxylic acid groups (broad SMARTS) is 1. The predicted octanol–water partition coefficient (Wildman–Crippen LogP) is 3.16. The van der Waals surface area contributed by atoms with Gasteiger partial charge in [0.05, 0.1) is 96.7 Å². The van der Waals surface area contributed by atoms with Crippen molar-refractivity contribution in [2.24, 2.45) is 0 Å². The highest BCUT2D eigenvalue weighted by Crippen LogP contribution is 2.23. The molecule has 7 aromatic rings. The Balaban J connectivity index is 0.565. The maximum Gasteiger partial charge on any atom is 0.326 e. The maximum absolute atomic E-state index is 13.2. The summed E-state index contributed by atoms with van der Waals surface area (Å²) in [6, 6.07) is 25.9. The number of carbonyl (C=O) groups is 5. The van der Waals surface area contributed by atoms with Crippen LogP contribution in [0.2, 0.25) is 0 Å². The minimum Gasteiger partial charge on any atom is -0.480 e. The first-order valence-corrected chi connectivity index (χ1v) is 29.1. The Labute approximate surface area is 514 Å². The van der Waals surface area contributed by atoms with Crippen molar-refractivity contribution in [3.05, 3.63) is 138 Å². The Hall–Kier alpha value is -9.42. The highest BCUT2D eigenvalue weighted by Gasteiger charge is 2.23. The highest BCUT2D eigenvalue weighted by molar-refractivity contribution is 6.04. The van der Waals surface area contributed by atoms with E-state index in [9.17, 15) is 29.1 Å². The van der Waals surface area contributed by atoms with E-state index in [0.29, 0.717) is 108 Å². The van der Waals surface area contributed by atoms with Crippen molar-refractivity contribution in [2.45, 2.75) is 32.0 Å². The van der Waals surface area contributed by atoms with Crippen molar-refractivity contribution in [3.8, 4) is 11.3 Å². The van der Waals surface area contributed by atoms with Gasteiger partial charge in [0, 0.05) is 112 Å². The van der Waals surface area contributed by atoms with Gasteiger partial charge in [0.1, 0.15) is 6.04 Å². The number of aliphatic carboxylic acids is 1. The van der Waals surface area contributed by atoms with Crippen LogP contribution >= 0.6 is 0 Å². The molecule has 0 saturated carbocycles. The second-order valence-electron chi connectivity index (χ2n) is 20.5. The van der Waals surface area contributed by atoms with Crippen LogP contribution in [-0.2, 0) is 51.2 Å². The third-order valence-corrected chi connectivity index (χ3v) is 13.8. The summed E-state index contributed by atoms with van der Waals surface area (Å²) >= 11 is 0. The third kappa shape index (κ3) is 22.0. The summed E-state index contributed by atoms with van der Waals surface area (Å²) in [5.41, 5.74) is 18.4. The summed E-state index contributed by atoms with van der Waals surface area (Å²) in [5, 5.41) is 24.0. The van der Waals surface area contributed by atoms with Gasteiger partial charge in [0.15, 0.2) is 17.0 Å². The van der Waals surface area contributed by atoms with Gasteiger partial charge in [-0.1, -0.05) is 18.2 Å². The number of ether oxygens (including phenoxy) is 5. The lowest BCUT2D eigenvalue weighted by Crippen LogP contribution is -2.49. The summed E-state index contributed by atoms with van der Waals surface area (Å²) in [4.78, 5) is 99.3. The van der Waals surface area contributed by atoms with Gasteiger partial charge in [-0.2, -0.15) is 9.97 Å². The molecule has 1 fully saturated rings. The van der Waals surface area contributed by atoms with Gasteiger partial charge in [-0.05, 0) is 84.8 Å². The molecule has 3 aromatic carbocycles. The normalized spacial score (nSPS) is 12.9. The number of nitrogens with zero attached hydrogens (tertiary/aromatic N) is 10. The largest absolute Gasteiger partial charge is 0.480 e. The van der Waals surface area contributed by atoms with Gasteiger partial charge in [0.2, 0.25) is 23.7 Å². The summed E-state index contributed by atoms with van der Waals surface area (Å²) in [6.45, 7) is 8.72. The molecule has 5 heterocycles. The molecule has 1 saturated heterocycles. The van der Waals surface area contributed by atoms with Crippen molar-refractivity contribution in [1.82, 2.24) is 60.6 Å². The number of fused-ring (bicyclic) bond motifs is 1. The number of nitrogens with one attached hydrogen (secondary N) is 5. The van der Waals surface area contributed by atoms with Crippen molar-refractivity contribution >= 4 is 75.5 Å². The van der Waals surface area contributed by atoms with Crippen LogP contribution in [0.1, 0.15) is 44.8 Å². The fraction of sp³-hybridized carbons (Fsp3) is 0.377. The fourth-order valence-electron chi connectivity index (χ4n) is 9.12. The van der Waals surface area contributed by atoms with Crippen LogP contribution < -0.4 is 43.0 Å². The number of piperazine rings is 1. The molecule has 0 bridgehead atoms. The molecule has 8 rings (SSSR count). The van der Waals surface area contributed by atoms with Gasteiger partial charge in [0.25, 0.3) is 11.8 Å². The van der Waals surface area contributed by atoms with Crippen LogP contribution in [0.5, 0.6) is 0 Å². The van der Waals surface area contributed by atoms with Gasteiger partial charge < -0.3 is 71.7 Å². The average molecular weight is 1220 g/mol. The number of nitrogen functional groups attached to an aromatic ring is 2. The van der Waals surface area contributed by atoms with Crippen LogP contribution in [-0.4, -0.2) is 204 Å². The number of anilines is 6. The number of hydrogen-bond acceptors (Lipinski definition) is 23. The molecular weight excluding hydrogens is 1150 g/mol. The molecule has 1 aliphatic heterocycles. The van der Waals surface area contributed by atoms with Gasteiger partial charge in [-0.15, -0.1) is 0 Å². The van der Waals surface area contributed by atoms with Crippen LogP contribution in [0.4, 0.5) is 34.8 Å². The Bertz CT molecular complexity index is 3400. The number of hydrogen-bond donors (Lipinski definition) is 8. The van der Waals surface area contributed by atoms with Crippen molar-refractivity contribution in [3.63, 3.8) is 0 Å². The Morgan fingerprint density at radius 3 is 1.94 bits per heavy atom. The number of amides is 4. The lowest BCUT2D eigenvalue weighted by Gasteiger charge is -2.34. The van der Waals surface area contributed by atoms with E-state index in [1.54, 1.807) is 49.1 Å². The molecule has 0 spiro atoms. The van der Waals surface area contributed by atoms with E-state index in [0.717, 1.165) is 60.9 Å². The number of benzene rings is 3. The molecule has 0 aliphatic carbocycles. The van der Waals surface area contributed by atoms with E-state index in [4.69, 9.17) is 35.2 Å². The number of nitrogens with two attached hydrogens (primary N) is 2. The summed E-state index contributed by atoms with van der Waals surface area (Å²) < 4.78 is 27.7. The second-order valence-corrected chi connectivity index (χ2v) is 20.5. The minimum atomic E-state index is -1.28. The maximum atomic E-state index is 13.2. The smallest absolute Gasteiger partial charge is 0.326 e. The van der Waals surface area contributed by atoms with Crippen molar-refractivity contribution in [1.29, 1.82) is 0 Å². The number of carboxylic acids is 1. The SMILES string of the molecule is CN(Cc1cnc2nc(N)nc(N)c2n1)c1ccc(C(=O)N[C@@H](CCC(=O)NCCOCCOCCOCCOCCOCCNC(=O)CN2CCN(Cc3ccc(C(=O)Nc4cccc(Nc5nccc(-c6cccnc6)n5)c4)cc3)CC2)C(=O)O)cc1. The van der Waals surface area contributed by atoms with Gasteiger partial charge in [-0.25, -0.2) is 24.7 Å². The summed E-state index contributed by atoms with van der Waals surface area (Å²) in [6.07, 6.45) is 6.47. The molecule has 28 heteroatoms. The van der Waals surface area contributed by atoms with E-state index in [1.165, 1.54) is 0 Å². The number of rotatable bonds is 36. The monoisotopic (exact) mass is 1220 g/mol. The molecule has 0 radical (unpaired) electrons. The molecule has 28 nitrogen and oxygen atoms in total. The number of carbonyl (C=O) groups excluding carboxylic acids is 4. The molecule has 4 amide bonds. The number of pyridine rings is 1. The molecule has 1 aliphatic rings. The van der Waals surface area contributed by atoms with Crippen LogP contribution in [0.15, 0.2) is 116 Å². The molecule has 1 atom stereocenters. The van der Waals surface area contributed by atoms with E-state index < -0.39 is 17.9 Å². The standard InChI is InChI=1S/C61H75N17O11/c1-76(40-48-38-68-56-54(69-48)55(62)74-60(63)75-56)49-13-11-44(12-14-49)58(82)72-51(59(83)84)15-16-52(79)65-20-26-85-28-30-87-32-34-89-35-33-88-31-29-86-27-21-66-53(80)41-78-24-22-77(23-25-78)39-42-7-9-43(10-8-42)57(81)70-46-5-2-6-47(36-46)71-61-67-19-17-50(73-61)45-4-3-18-64-37-45/h2-14,17-19,36-38,51H,15-16,20-35,39-41H2,1H3,(H,65,79)(H,66,80)(H,70,81)(H,72,82)(H,83,84)(H,67,71,73)(H4,62,63,68,74,75)/t51-/m0/s1. The molecule has 470 valence electrons. The van der Waals surface area contributed by atoms with E-state index in [1.807, 2.05) is 78.7 Å². The highest BCUT2D eigenvalue weighted by atomic mass is 16.6. The van der Waals surface area contributed by atoms with E-state index in [-0.39, 0.29) is 66.7 Å². The zero-order valence-corrected chi connectivity index (χ0v) is 49.6.